The zero-order chi connectivity index (χ0) is 27.1. The van der Waals surface area contributed by atoms with Crippen LogP contribution in [0.15, 0.2) is 64.0 Å². The molecule has 4 heterocycles. The van der Waals surface area contributed by atoms with Crippen molar-refractivity contribution >= 4 is 34.3 Å². The lowest BCUT2D eigenvalue weighted by Gasteiger charge is -2.29. The maximum absolute atomic E-state index is 13.4. The fourth-order valence-corrected chi connectivity index (χ4v) is 5.32. The van der Waals surface area contributed by atoms with Crippen LogP contribution in [0.5, 0.6) is 0 Å². The van der Waals surface area contributed by atoms with Crippen LogP contribution in [-0.4, -0.2) is 49.7 Å². The number of aromatic nitrogens is 5. The molecule has 0 unspecified atom stereocenters. The van der Waals surface area contributed by atoms with Crippen molar-refractivity contribution in [2.45, 2.75) is 25.7 Å². The van der Waals surface area contributed by atoms with Crippen molar-refractivity contribution in [1.29, 1.82) is 0 Å². The van der Waals surface area contributed by atoms with Crippen LogP contribution >= 0.6 is 11.6 Å². The number of halogens is 1. The van der Waals surface area contributed by atoms with Crippen molar-refractivity contribution in [3.8, 4) is 22.5 Å². The first-order chi connectivity index (χ1) is 18.9. The number of pyridine rings is 1. The molecule has 2 aromatic carbocycles. The van der Waals surface area contributed by atoms with E-state index in [1.54, 1.807) is 44.4 Å². The molecule has 0 aliphatic carbocycles. The van der Waals surface area contributed by atoms with E-state index in [-0.39, 0.29) is 5.56 Å². The molecule has 198 valence electrons. The largest absolute Gasteiger partial charge is 0.339 e. The summed E-state index contributed by atoms with van der Waals surface area (Å²) in [6.07, 6.45) is 4.07. The Morgan fingerprint density at radius 1 is 1.00 bits per heavy atom. The first-order valence-electron chi connectivity index (χ1n) is 12.9. The lowest BCUT2D eigenvalue weighted by Crippen LogP contribution is -2.29. The summed E-state index contributed by atoms with van der Waals surface area (Å²) in [5, 5.41) is 8.41. The van der Waals surface area contributed by atoms with Crippen LogP contribution in [0.2, 0.25) is 5.02 Å². The van der Waals surface area contributed by atoms with E-state index in [1.807, 2.05) is 0 Å². The number of benzene rings is 2. The minimum absolute atomic E-state index is 0.224. The van der Waals surface area contributed by atoms with Gasteiger partial charge in [-0.3, -0.25) is 9.36 Å². The molecule has 0 amide bonds. The van der Waals surface area contributed by atoms with Gasteiger partial charge in [0.15, 0.2) is 0 Å². The highest BCUT2D eigenvalue weighted by molar-refractivity contribution is 6.33. The highest BCUT2D eigenvalue weighted by Crippen LogP contribution is 2.32. The molecular weight excluding hydrogens is 514 g/mol. The highest BCUT2D eigenvalue weighted by Gasteiger charge is 2.19. The van der Waals surface area contributed by atoms with E-state index in [4.69, 9.17) is 16.1 Å². The van der Waals surface area contributed by atoms with E-state index in [0.717, 1.165) is 18.8 Å². The molecule has 39 heavy (non-hydrogen) atoms. The Morgan fingerprint density at radius 2 is 1.77 bits per heavy atom. The summed E-state index contributed by atoms with van der Waals surface area (Å²) < 4.78 is 6.62. The number of hydrogen-bond acceptors (Lipinski definition) is 8. The molecule has 5 aromatic rings. The zero-order valence-corrected chi connectivity index (χ0v) is 22.7. The third-order valence-electron chi connectivity index (χ3n) is 7.35. The summed E-state index contributed by atoms with van der Waals surface area (Å²) in [6, 6.07) is 15.6. The van der Waals surface area contributed by atoms with Gasteiger partial charge in [-0.1, -0.05) is 28.9 Å². The Labute approximate surface area is 230 Å². The predicted molar refractivity (Wildman–Crippen MR) is 152 cm³/mol. The minimum atomic E-state index is -0.224. The molecule has 1 N–H and O–H groups in total. The monoisotopic (exact) mass is 541 g/mol. The van der Waals surface area contributed by atoms with Gasteiger partial charge >= 0.3 is 0 Å². The predicted octanol–water partition coefficient (Wildman–Crippen LogP) is 5.56. The first kappa shape index (κ1) is 25.2. The molecule has 3 aromatic heterocycles. The average molecular weight is 542 g/mol. The number of nitrogens with one attached hydrogen (secondary N) is 1. The molecule has 0 bridgehead atoms. The fourth-order valence-electron chi connectivity index (χ4n) is 5.10. The number of nitrogens with zero attached hydrogens (tertiary/aromatic N) is 6. The van der Waals surface area contributed by atoms with Crippen LogP contribution in [0.1, 0.15) is 30.2 Å². The molecule has 1 saturated heterocycles. The molecule has 10 heteroatoms. The summed E-state index contributed by atoms with van der Waals surface area (Å²) in [6.45, 7) is 3.99. The van der Waals surface area contributed by atoms with Gasteiger partial charge in [0.2, 0.25) is 17.7 Å². The summed E-state index contributed by atoms with van der Waals surface area (Å²) >= 11 is 6.53. The van der Waals surface area contributed by atoms with Gasteiger partial charge in [0.1, 0.15) is 5.65 Å². The summed E-state index contributed by atoms with van der Waals surface area (Å²) in [7, 11) is 3.87. The Bertz CT molecular complexity index is 1720. The Balaban J connectivity index is 1.29. The lowest BCUT2D eigenvalue weighted by molar-refractivity contribution is 0.255. The molecule has 0 radical (unpaired) electrons. The maximum atomic E-state index is 13.4. The van der Waals surface area contributed by atoms with E-state index in [9.17, 15) is 4.79 Å². The van der Waals surface area contributed by atoms with Crippen LogP contribution in [0, 0.1) is 6.92 Å². The standard InChI is InChI=1S/C29H28ClN7O2/c1-17-32-26(35-39-17)20-6-9-25(30)23(14-20)24-15-21-16-31-29(34-27(21)37(3)28(24)38)33-22-7-4-18(5-8-22)19-10-12-36(2)13-11-19/h4-9,14-16,19H,10-13H2,1-3H3,(H,31,33,34). The van der Waals surface area contributed by atoms with Crippen LogP contribution in [-0.2, 0) is 7.05 Å². The van der Waals surface area contributed by atoms with E-state index < -0.39 is 0 Å². The van der Waals surface area contributed by atoms with Gasteiger partial charge in [0.25, 0.3) is 5.56 Å². The summed E-state index contributed by atoms with van der Waals surface area (Å²) in [4.78, 5) is 29.2. The summed E-state index contributed by atoms with van der Waals surface area (Å²) in [5.74, 6) is 1.91. The van der Waals surface area contributed by atoms with E-state index in [0.29, 0.717) is 56.3 Å². The molecular formula is C29H28ClN7O2. The molecule has 0 spiro atoms. The van der Waals surface area contributed by atoms with Crippen molar-refractivity contribution in [2.24, 2.45) is 7.05 Å². The third-order valence-corrected chi connectivity index (χ3v) is 7.68. The van der Waals surface area contributed by atoms with Gasteiger partial charge in [-0.15, -0.1) is 0 Å². The maximum Gasteiger partial charge on any atom is 0.259 e. The SMILES string of the molecule is Cc1nc(-c2ccc(Cl)c(-c3cc4cnc(Nc5ccc(C6CCN(C)CC6)cc5)nc4n(C)c3=O)c2)no1. The molecule has 6 rings (SSSR count). The molecule has 0 atom stereocenters. The van der Waals surface area contributed by atoms with Gasteiger partial charge in [0.05, 0.1) is 0 Å². The first-order valence-corrected chi connectivity index (χ1v) is 13.3. The van der Waals surface area contributed by atoms with Gasteiger partial charge in [-0.05, 0) is 80.9 Å². The topological polar surface area (TPSA) is 102 Å². The molecule has 1 aliphatic rings. The Hall–Kier alpha value is -4.08. The third kappa shape index (κ3) is 5.03. The van der Waals surface area contributed by atoms with Gasteiger partial charge in [0, 0.05) is 53.0 Å². The van der Waals surface area contributed by atoms with E-state index in [1.165, 1.54) is 23.0 Å². The number of fused-ring (bicyclic) bond motifs is 1. The zero-order valence-electron chi connectivity index (χ0n) is 22.0. The van der Waals surface area contributed by atoms with E-state index >= 15 is 0 Å². The van der Waals surface area contributed by atoms with Crippen LogP contribution in [0.4, 0.5) is 11.6 Å². The van der Waals surface area contributed by atoms with Gasteiger partial charge in [-0.2, -0.15) is 9.97 Å². The molecule has 9 nitrogen and oxygen atoms in total. The second kappa shape index (κ2) is 10.2. The van der Waals surface area contributed by atoms with Crippen molar-refractivity contribution in [3.05, 3.63) is 81.6 Å². The van der Waals surface area contributed by atoms with Gasteiger partial charge < -0.3 is 14.7 Å². The second-order valence-corrected chi connectivity index (χ2v) is 10.5. The number of hydrogen-bond donors (Lipinski definition) is 1. The van der Waals surface area contributed by atoms with Crippen LogP contribution in [0.25, 0.3) is 33.5 Å². The quantitative estimate of drug-likeness (QED) is 0.308. The number of rotatable bonds is 5. The summed E-state index contributed by atoms with van der Waals surface area (Å²) in [5.41, 5.74) is 4.26. The second-order valence-electron chi connectivity index (χ2n) is 10.1. The number of likely N-dealkylation sites (tertiary alicyclic amines) is 1. The number of anilines is 2. The fraction of sp³-hybridized carbons (Fsp3) is 0.276. The van der Waals surface area contributed by atoms with E-state index in [2.05, 4.69) is 61.6 Å². The smallest absolute Gasteiger partial charge is 0.259 e. The van der Waals surface area contributed by atoms with Crippen LogP contribution < -0.4 is 10.9 Å². The highest BCUT2D eigenvalue weighted by atomic mass is 35.5. The molecule has 1 aliphatic heterocycles. The normalized spacial score (nSPS) is 14.7. The number of aryl methyl sites for hydroxylation is 2. The van der Waals surface area contributed by atoms with Crippen molar-refractivity contribution < 1.29 is 4.52 Å². The Kier molecular flexibility index (Phi) is 6.62. The van der Waals surface area contributed by atoms with Crippen molar-refractivity contribution in [1.82, 2.24) is 29.6 Å². The minimum Gasteiger partial charge on any atom is -0.339 e. The van der Waals surface area contributed by atoms with Crippen LogP contribution in [0.3, 0.4) is 0 Å². The van der Waals surface area contributed by atoms with Crippen molar-refractivity contribution in [2.75, 3.05) is 25.5 Å². The van der Waals surface area contributed by atoms with Gasteiger partial charge in [-0.25, -0.2) is 4.98 Å². The lowest BCUT2D eigenvalue weighted by atomic mass is 9.89. The molecule has 1 fully saturated rings. The Morgan fingerprint density at radius 3 is 2.49 bits per heavy atom. The average Bonchev–Trinajstić information content (AvgIpc) is 3.38. The van der Waals surface area contributed by atoms with Crippen molar-refractivity contribution in [3.63, 3.8) is 0 Å². The molecule has 0 saturated carbocycles. The number of piperidine rings is 1.